The number of carbonyl (C=O) groups is 2. The van der Waals surface area contributed by atoms with Crippen LogP contribution in [-0.2, 0) is 20.8 Å². The average molecular weight is 378 g/mol. The first-order valence-corrected chi connectivity index (χ1v) is 8.06. The Kier molecular flexibility index (Phi) is 6.11. The monoisotopic (exact) mass is 378 g/mol. The first-order valence-electron chi connectivity index (χ1n) is 8.06. The first-order chi connectivity index (χ1) is 12.8. The zero-order valence-corrected chi connectivity index (χ0v) is 15.0. The van der Waals surface area contributed by atoms with Crippen LogP contribution >= 0.6 is 0 Å². The molecule has 27 heavy (non-hydrogen) atoms. The van der Waals surface area contributed by atoms with E-state index in [-0.39, 0.29) is 36.4 Å². The summed E-state index contributed by atoms with van der Waals surface area (Å²) >= 11 is 0. The Morgan fingerprint density at radius 3 is 2.41 bits per heavy atom. The van der Waals surface area contributed by atoms with Gasteiger partial charge in [0.1, 0.15) is 28.8 Å². The van der Waals surface area contributed by atoms with Gasteiger partial charge in [0.05, 0.1) is 25.2 Å². The molecule has 0 aliphatic rings. The second-order valence-corrected chi connectivity index (χ2v) is 5.29. The number of esters is 2. The van der Waals surface area contributed by atoms with E-state index < -0.39 is 33.5 Å². The largest absolute Gasteiger partial charge is 0.495 e. The summed E-state index contributed by atoms with van der Waals surface area (Å²) in [5.41, 5.74) is -1.81. The summed E-state index contributed by atoms with van der Waals surface area (Å²) in [5, 5.41) is 11.1. The topological polar surface area (TPSA) is 127 Å². The fraction of sp³-hybridized carbons (Fsp3) is 0.353. The highest BCUT2D eigenvalue weighted by molar-refractivity contribution is 5.99. The maximum Gasteiger partial charge on any atom is 0.343 e. The van der Waals surface area contributed by atoms with Crippen LogP contribution in [0.4, 0.5) is 5.69 Å². The molecule has 0 radical (unpaired) electrons. The molecule has 10 heteroatoms. The zero-order valence-electron chi connectivity index (χ0n) is 15.0. The molecule has 1 aromatic heterocycles. The number of hydrogen-bond acceptors (Lipinski definition) is 8. The van der Waals surface area contributed by atoms with E-state index in [0.717, 1.165) is 12.3 Å². The number of rotatable bonds is 7. The van der Waals surface area contributed by atoms with Gasteiger partial charge in [0, 0.05) is 12.3 Å². The Morgan fingerprint density at radius 2 is 1.85 bits per heavy atom. The molecule has 2 aromatic rings. The number of nitro benzene ring substituents is 1. The second-order valence-electron chi connectivity index (χ2n) is 5.29. The van der Waals surface area contributed by atoms with Gasteiger partial charge in [0.25, 0.3) is 5.69 Å². The fourth-order valence-electron chi connectivity index (χ4n) is 2.63. The van der Waals surface area contributed by atoms with Gasteiger partial charge >= 0.3 is 11.9 Å². The van der Waals surface area contributed by atoms with Crippen molar-refractivity contribution in [1.82, 2.24) is 4.57 Å². The molecule has 2 rings (SSSR count). The van der Waals surface area contributed by atoms with E-state index in [2.05, 4.69) is 0 Å². The number of carbonyl (C=O) groups excluding carboxylic acids is 2. The van der Waals surface area contributed by atoms with Gasteiger partial charge in [-0.05, 0) is 19.9 Å². The first kappa shape index (κ1) is 19.9. The van der Waals surface area contributed by atoms with Crippen molar-refractivity contribution in [3.63, 3.8) is 0 Å². The van der Waals surface area contributed by atoms with Crippen LogP contribution in [0, 0.1) is 10.1 Å². The van der Waals surface area contributed by atoms with Crippen LogP contribution in [0.1, 0.15) is 24.2 Å². The van der Waals surface area contributed by atoms with E-state index in [1.165, 1.54) is 17.7 Å². The van der Waals surface area contributed by atoms with Crippen LogP contribution < -0.4 is 10.2 Å². The fourth-order valence-corrected chi connectivity index (χ4v) is 2.63. The molecule has 0 saturated heterocycles. The average Bonchev–Trinajstić information content (AvgIpc) is 2.63. The predicted molar refractivity (Wildman–Crippen MR) is 94.0 cm³/mol. The maximum atomic E-state index is 12.8. The number of nitrogens with zero attached hydrogens (tertiary/aromatic N) is 2. The van der Waals surface area contributed by atoms with Crippen LogP contribution in [0.2, 0.25) is 0 Å². The molecule has 0 N–H and O–H groups in total. The molecule has 0 saturated carbocycles. The predicted octanol–water partition coefficient (Wildman–Crippen LogP) is 1.66. The molecule has 1 heterocycles. The maximum absolute atomic E-state index is 12.8. The molecule has 10 nitrogen and oxygen atoms in total. The SMILES string of the molecule is CCOC(=O)Cn1cc(C(=O)OCC)c(=O)c2c([N+](=O)[O-])ccc(OC)c21. The van der Waals surface area contributed by atoms with Gasteiger partial charge in [-0.2, -0.15) is 0 Å². The molecule has 0 amide bonds. The third-order valence-corrected chi connectivity index (χ3v) is 3.68. The number of non-ortho nitro benzene ring substituents is 1. The Labute approximate surface area is 153 Å². The number of aromatic nitrogens is 1. The zero-order chi connectivity index (χ0) is 20.1. The van der Waals surface area contributed by atoms with E-state index in [9.17, 15) is 24.5 Å². The molecule has 0 spiro atoms. The Bertz CT molecular complexity index is 964. The standard InChI is InChI=1S/C17H18N2O8/c1-4-26-13(20)9-18-8-10(17(22)27-5-2)16(21)14-11(19(23)24)6-7-12(25-3)15(14)18/h6-8H,4-5,9H2,1-3H3. The smallest absolute Gasteiger partial charge is 0.343 e. The minimum Gasteiger partial charge on any atom is -0.495 e. The van der Waals surface area contributed by atoms with Gasteiger partial charge in [-0.3, -0.25) is 19.7 Å². The molecule has 0 aliphatic carbocycles. The Balaban J connectivity index is 2.91. The molecule has 0 aliphatic heterocycles. The number of ether oxygens (including phenoxy) is 3. The summed E-state index contributed by atoms with van der Waals surface area (Å²) in [7, 11) is 1.32. The highest BCUT2D eigenvalue weighted by atomic mass is 16.6. The van der Waals surface area contributed by atoms with Crippen LogP contribution in [0.5, 0.6) is 5.75 Å². The van der Waals surface area contributed by atoms with Crippen LogP contribution in [-0.4, -0.2) is 41.8 Å². The number of hydrogen-bond donors (Lipinski definition) is 0. The number of methoxy groups -OCH3 is 1. The molecule has 0 bridgehead atoms. The van der Waals surface area contributed by atoms with Crippen LogP contribution in [0.3, 0.4) is 0 Å². The van der Waals surface area contributed by atoms with Crippen molar-refractivity contribution in [2.45, 2.75) is 20.4 Å². The van der Waals surface area contributed by atoms with Gasteiger partial charge in [-0.25, -0.2) is 4.79 Å². The van der Waals surface area contributed by atoms with E-state index >= 15 is 0 Å². The van der Waals surface area contributed by atoms with E-state index in [1.807, 2.05) is 0 Å². The molecule has 1 aromatic carbocycles. The lowest BCUT2D eigenvalue weighted by molar-refractivity contribution is -0.383. The third-order valence-electron chi connectivity index (χ3n) is 3.68. The van der Waals surface area contributed by atoms with Gasteiger partial charge in [-0.15, -0.1) is 0 Å². The molecule has 0 atom stereocenters. The number of nitro groups is 1. The van der Waals surface area contributed by atoms with Gasteiger partial charge in [0.2, 0.25) is 5.43 Å². The lowest BCUT2D eigenvalue weighted by atomic mass is 10.1. The Morgan fingerprint density at radius 1 is 1.19 bits per heavy atom. The van der Waals surface area contributed by atoms with E-state index in [0.29, 0.717) is 0 Å². The van der Waals surface area contributed by atoms with Crippen molar-refractivity contribution < 1.29 is 28.7 Å². The summed E-state index contributed by atoms with van der Waals surface area (Å²) in [5.74, 6) is -1.46. The van der Waals surface area contributed by atoms with Crippen LogP contribution in [0.15, 0.2) is 23.1 Å². The van der Waals surface area contributed by atoms with E-state index in [4.69, 9.17) is 14.2 Å². The summed E-state index contributed by atoms with van der Waals surface area (Å²) in [6.45, 7) is 2.93. The molecule has 0 fully saturated rings. The van der Waals surface area contributed by atoms with Crippen molar-refractivity contribution in [3.05, 3.63) is 44.2 Å². The van der Waals surface area contributed by atoms with Crippen molar-refractivity contribution in [1.29, 1.82) is 0 Å². The molecule has 144 valence electrons. The Hall–Kier alpha value is -3.43. The normalized spacial score (nSPS) is 10.5. The van der Waals surface area contributed by atoms with Gasteiger partial charge < -0.3 is 18.8 Å². The minimum atomic E-state index is -0.945. The van der Waals surface area contributed by atoms with Crippen molar-refractivity contribution in [2.75, 3.05) is 20.3 Å². The lowest BCUT2D eigenvalue weighted by Crippen LogP contribution is -2.24. The lowest BCUT2D eigenvalue weighted by Gasteiger charge is -2.15. The number of benzene rings is 1. The summed E-state index contributed by atoms with van der Waals surface area (Å²) in [4.78, 5) is 47.6. The molecular weight excluding hydrogens is 360 g/mol. The molecule has 0 unspecified atom stereocenters. The highest BCUT2D eigenvalue weighted by Gasteiger charge is 2.26. The summed E-state index contributed by atoms with van der Waals surface area (Å²) in [6.07, 6.45) is 1.12. The summed E-state index contributed by atoms with van der Waals surface area (Å²) in [6, 6.07) is 2.41. The molecular formula is C17H18N2O8. The number of pyridine rings is 1. The van der Waals surface area contributed by atoms with Crippen LogP contribution in [0.25, 0.3) is 10.9 Å². The second kappa shape index (κ2) is 8.30. The minimum absolute atomic E-state index is 0.00832. The van der Waals surface area contributed by atoms with Gasteiger partial charge in [0.15, 0.2) is 0 Å². The highest BCUT2D eigenvalue weighted by Crippen LogP contribution is 2.31. The summed E-state index contributed by atoms with van der Waals surface area (Å²) < 4.78 is 16.2. The van der Waals surface area contributed by atoms with Crippen molar-refractivity contribution in [3.8, 4) is 5.75 Å². The van der Waals surface area contributed by atoms with Gasteiger partial charge in [-0.1, -0.05) is 0 Å². The number of fused-ring (bicyclic) bond motifs is 1. The third kappa shape index (κ3) is 3.89. The van der Waals surface area contributed by atoms with Crippen molar-refractivity contribution in [2.24, 2.45) is 0 Å². The van der Waals surface area contributed by atoms with E-state index in [1.54, 1.807) is 13.8 Å². The quantitative estimate of drug-likeness (QED) is 0.404. The van der Waals surface area contributed by atoms with Crippen molar-refractivity contribution >= 4 is 28.5 Å².